The van der Waals surface area contributed by atoms with Crippen LogP contribution in [0.5, 0.6) is 0 Å². The van der Waals surface area contributed by atoms with E-state index in [1.165, 1.54) is 0 Å². The van der Waals surface area contributed by atoms with Gasteiger partial charge >= 0.3 is 0 Å². The molecule has 0 bridgehead atoms. The standard InChI is InChI=1S/C14H24N2O4/c1-13(2)5-8(10-7-18-14(3,4)19-10)12(20-13)11(16)9(17)6-15/h6,8,10-12,15H,5,7,16H2,1-4H3/t8-,10-,11-,12+/m1/s1. The first kappa shape index (κ1) is 15.6. The average Bonchev–Trinajstić information content (AvgIpc) is 2.86. The molecule has 114 valence electrons. The minimum Gasteiger partial charge on any atom is -0.370 e. The zero-order valence-electron chi connectivity index (χ0n) is 12.5. The van der Waals surface area contributed by atoms with Crippen LogP contribution in [0.25, 0.3) is 0 Å². The normalized spacial score (nSPS) is 36.8. The van der Waals surface area contributed by atoms with Gasteiger partial charge in [-0.05, 0) is 34.1 Å². The monoisotopic (exact) mass is 284 g/mol. The summed E-state index contributed by atoms with van der Waals surface area (Å²) < 4.78 is 17.4. The van der Waals surface area contributed by atoms with Gasteiger partial charge in [-0.2, -0.15) is 0 Å². The van der Waals surface area contributed by atoms with Crippen LogP contribution in [0.4, 0.5) is 0 Å². The molecule has 2 aliphatic rings. The van der Waals surface area contributed by atoms with Crippen LogP contribution >= 0.6 is 0 Å². The van der Waals surface area contributed by atoms with Crippen molar-refractivity contribution in [1.82, 2.24) is 0 Å². The Kier molecular flexibility index (Phi) is 4.03. The second kappa shape index (κ2) is 5.18. The third kappa shape index (κ3) is 3.09. The van der Waals surface area contributed by atoms with Crippen molar-refractivity contribution in [2.45, 2.75) is 63.8 Å². The lowest BCUT2D eigenvalue weighted by atomic mass is 9.86. The van der Waals surface area contributed by atoms with Crippen LogP contribution in [0.1, 0.15) is 34.1 Å². The second-order valence-electron chi connectivity index (χ2n) is 6.65. The topological polar surface area (TPSA) is 94.6 Å². The average molecular weight is 284 g/mol. The number of nitrogens with two attached hydrogens (primary N) is 1. The zero-order valence-corrected chi connectivity index (χ0v) is 12.5. The number of hydrogen-bond acceptors (Lipinski definition) is 6. The van der Waals surface area contributed by atoms with Gasteiger partial charge in [-0.25, -0.2) is 0 Å². The molecule has 2 rings (SSSR count). The highest BCUT2D eigenvalue weighted by molar-refractivity contribution is 6.28. The van der Waals surface area contributed by atoms with E-state index in [4.69, 9.17) is 25.4 Å². The van der Waals surface area contributed by atoms with E-state index in [9.17, 15) is 4.79 Å². The van der Waals surface area contributed by atoms with Crippen molar-refractivity contribution in [2.75, 3.05) is 6.61 Å². The molecule has 0 radical (unpaired) electrons. The Morgan fingerprint density at radius 2 is 2.00 bits per heavy atom. The number of nitrogens with one attached hydrogen (secondary N) is 1. The van der Waals surface area contributed by atoms with Crippen LogP contribution in [0.2, 0.25) is 0 Å². The summed E-state index contributed by atoms with van der Waals surface area (Å²) in [5.41, 5.74) is 5.60. The summed E-state index contributed by atoms with van der Waals surface area (Å²) in [4.78, 5) is 11.7. The van der Waals surface area contributed by atoms with Gasteiger partial charge in [0.15, 0.2) is 11.6 Å². The van der Waals surface area contributed by atoms with Gasteiger partial charge in [0, 0.05) is 5.92 Å². The number of carbonyl (C=O) groups excluding carboxylic acids is 1. The Balaban J connectivity index is 2.16. The minimum absolute atomic E-state index is 0.00863. The third-order valence-electron chi connectivity index (χ3n) is 3.94. The van der Waals surface area contributed by atoms with E-state index < -0.39 is 23.7 Å². The van der Waals surface area contributed by atoms with Gasteiger partial charge in [-0.1, -0.05) is 0 Å². The lowest BCUT2D eigenvalue weighted by molar-refractivity contribution is -0.148. The maximum Gasteiger partial charge on any atom is 0.192 e. The number of Topliss-reactive ketones (excluding diaryl/α,β-unsaturated/α-hetero) is 1. The molecule has 0 aliphatic carbocycles. The number of rotatable bonds is 4. The minimum atomic E-state index is -0.827. The van der Waals surface area contributed by atoms with Crippen molar-refractivity contribution in [1.29, 1.82) is 5.41 Å². The molecule has 2 heterocycles. The van der Waals surface area contributed by atoms with Crippen LogP contribution in [-0.4, -0.2) is 48.2 Å². The van der Waals surface area contributed by atoms with Gasteiger partial charge in [-0.15, -0.1) is 0 Å². The van der Waals surface area contributed by atoms with Crippen LogP contribution in [0.15, 0.2) is 0 Å². The molecule has 0 spiro atoms. The fraction of sp³-hybridized carbons (Fsp3) is 0.857. The summed E-state index contributed by atoms with van der Waals surface area (Å²) in [6.45, 7) is 8.15. The van der Waals surface area contributed by atoms with E-state index >= 15 is 0 Å². The molecule has 0 aromatic carbocycles. The first-order valence-electron chi connectivity index (χ1n) is 6.95. The Hall–Kier alpha value is -0.820. The van der Waals surface area contributed by atoms with Gasteiger partial charge in [0.2, 0.25) is 0 Å². The summed E-state index contributed by atoms with van der Waals surface area (Å²) in [7, 11) is 0. The molecule has 0 saturated carbocycles. The van der Waals surface area contributed by atoms with Crippen molar-refractivity contribution in [3.8, 4) is 0 Å². The molecule has 3 N–H and O–H groups in total. The van der Waals surface area contributed by atoms with E-state index in [1.54, 1.807) is 0 Å². The quantitative estimate of drug-likeness (QED) is 0.747. The molecule has 2 saturated heterocycles. The van der Waals surface area contributed by atoms with Crippen LogP contribution in [0.3, 0.4) is 0 Å². The highest BCUT2D eigenvalue weighted by atomic mass is 16.7. The molecular weight excluding hydrogens is 260 g/mol. The predicted molar refractivity (Wildman–Crippen MR) is 73.7 cm³/mol. The van der Waals surface area contributed by atoms with Crippen molar-refractivity contribution >= 4 is 12.0 Å². The summed E-state index contributed by atoms with van der Waals surface area (Å²) >= 11 is 0. The number of ether oxygens (including phenoxy) is 3. The highest BCUT2D eigenvalue weighted by Crippen LogP contribution is 2.41. The smallest absolute Gasteiger partial charge is 0.192 e. The lowest BCUT2D eigenvalue weighted by Gasteiger charge is -2.27. The molecule has 0 aromatic rings. The first-order valence-corrected chi connectivity index (χ1v) is 6.95. The van der Waals surface area contributed by atoms with E-state index in [0.29, 0.717) is 6.61 Å². The number of ketones is 1. The molecule has 2 fully saturated rings. The molecule has 2 aliphatic heterocycles. The third-order valence-corrected chi connectivity index (χ3v) is 3.94. The van der Waals surface area contributed by atoms with Gasteiger partial charge in [0.05, 0.1) is 36.7 Å². The molecule has 6 heteroatoms. The van der Waals surface area contributed by atoms with Gasteiger partial charge < -0.3 is 25.4 Å². The Morgan fingerprint density at radius 1 is 1.35 bits per heavy atom. The van der Waals surface area contributed by atoms with Gasteiger partial charge in [0.1, 0.15) is 0 Å². The Labute approximate surface area is 119 Å². The predicted octanol–water partition coefficient (Wildman–Crippen LogP) is 0.868. The van der Waals surface area contributed by atoms with Crippen molar-refractivity contribution in [3.63, 3.8) is 0 Å². The molecule has 20 heavy (non-hydrogen) atoms. The van der Waals surface area contributed by atoms with Crippen LogP contribution in [-0.2, 0) is 19.0 Å². The lowest BCUT2D eigenvalue weighted by Crippen LogP contribution is -2.48. The summed E-state index contributed by atoms with van der Waals surface area (Å²) in [5, 5.41) is 7.07. The summed E-state index contributed by atoms with van der Waals surface area (Å²) in [6, 6.07) is -0.827. The van der Waals surface area contributed by atoms with Crippen molar-refractivity contribution in [2.24, 2.45) is 11.7 Å². The van der Waals surface area contributed by atoms with Crippen molar-refractivity contribution < 1.29 is 19.0 Å². The molecule has 0 amide bonds. The van der Waals surface area contributed by atoms with E-state index in [-0.39, 0.29) is 17.6 Å². The molecular formula is C14H24N2O4. The summed E-state index contributed by atoms with van der Waals surface area (Å²) in [6.07, 6.45) is 0.926. The fourth-order valence-electron chi connectivity index (χ4n) is 3.05. The highest BCUT2D eigenvalue weighted by Gasteiger charge is 2.51. The van der Waals surface area contributed by atoms with E-state index in [1.807, 2.05) is 27.7 Å². The SMILES string of the molecule is CC1(C)C[C@H]([C@H]2COC(C)(C)O2)[C@@H]([C@H](N)C(=O)C=N)O1. The largest absolute Gasteiger partial charge is 0.370 e. The Morgan fingerprint density at radius 3 is 2.50 bits per heavy atom. The maximum atomic E-state index is 11.7. The second-order valence-corrected chi connectivity index (χ2v) is 6.65. The number of hydrogen-bond donors (Lipinski definition) is 2. The van der Waals surface area contributed by atoms with Crippen LogP contribution < -0.4 is 5.73 Å². The van der Waals surface area contributed by atoms with Gasteiger partial charge in [0.25, 0.3) is 0 Å². The molecule has 0 unspecified atom stereocenters. The van der Waals surface area contributed by atoms with E-state index in [2.05, 4.69) is 0 Å². The fourth-order valence-corrected chi connectivity index (χ4v) is 3.05. The summed E-state index contributed by atoms with van der Waals surface area (Å²) in [5.74, 6) is -1.04. The Bertz CT molecular complexity index is 408. The van der Waals surface area contributed by atoms with Crippen LogP contribution in [0, 0.1) is 11.3 Å². The molecule has 0 aromatic heterocycles. The maximum absolute atomic E-state index is 11.7. The van der Waals surface area contributed by atoms with Crippen molar-refractivity contribution in [3.05, 3.63) is 0 Å². The molecule has 6 nitrogen and oxygen atoms in total. The molecule has 4 atom stereocenters. The zero-order chi connectivity index (χ0) is 15.1. The van der Waals surface area contributed by atoms with E-state index in [0.717, 1.165) is 12.6 Å². The first-order chi connectivity index (χ1) is 9.15. The van der Waals surface area contributed by atoms with Gasteiger partial charge in [-0.3, -0.25) is 4.79 Å². The number of carbonyl (C=O) groups is 1.